The van der Waals surface area contributed by atoms with Gasteiger partial charge in [-0.15, -0.1) is 0 Å². The maximum absolute atomic E-state index is 13.9. The summed E-state index contributed by atoms with van der Waals surface area (Å²) in [7, 11) is 0. The molecule has 0 unspecified atom stereocenters. The van der Waals surface area contributed by atoms with E-state index in [4.69, 9.17) is 42.1 Å². The molecule has 0 heterocycles. The predicted octanol–water partition coefficient (Wildman–Crippen LogP) is 5.90. The number of hydrogen-bond acceptors (Lipinski definition) is 6. The minimum absolute atomic E-state index is 0.395. The first-order chi connectivity index (χ1) is 18.9. The van der Waals surface area contributed by atoms with Crippen molar-refractivity contribution >= 4 is 29.0 Å². The summed E-state index contributed by atoms with van der Waals surface area (Å²) in [6.45, 7) is -0.472. The quantitative estimate of drug-likeness (QED) is 0.255. The second-order valence-corrected chi connectivity index (χ2v) is 10.4. The van der Waals surface area contributed by atoms with Crippen molar-refractivity contribution in [3.8, 4) is 23.0 Å². The van der Waals surface area contributed by atoms with Crippen molar-refractivity contribution in [1.82, 2.24) is 0 Å². The number of ether oxygens (including phenoxy) is 4. The lowest BCUT2D eigenvalue weighted by atomic mass is 9.76. The summed E-state index contributed by atoms with van der Waals surface area (Å²) in [5.74, 6) is 0.888. The van der Waals surface area contributed by atoms with Gasteiger partial charge in [0.2, 0.25) is 16.2 Å². The highest BCUT2D eigenvalue weighted by Crippen LogP contribution is 2.47. The number of benzene rings is 4. The van der Waals surface area contributed by atoms with Gasteiger partial charge in [0.1, 0.15) is 29.6 Å². The Morgan fingerprint density at radius 2 is 1.03 bits per heavy atom. The van der Waals surface area contributed by atoms with Crippen LogP contribution in [0.15, 0.2) is 121 Å². The first kappa shape index (κ1) is 26.9. The molecular weight excluding hydrogens is 539 g/mol. The fourth-order valence-corrected chi connectivity index (χ4v) is 4.93. The number of rotatable bonds is 9. The first-order valence-electron chi connectivity index (χ1n) is 12.4. The number of aliphatic hydroxyl groups is 1. The van der Waals surface area contributed by atoms with E-state index in [1.165, 1.54) is 0 Å². The minimum Gasteiger partial charge on any atom is -0.490 e. The standard InChI is InChI=1S/C31H26Cl2O6/c32-31(33)28(34)26(37-23-15-7-2-8-16-23)27(38-24-17-9-3-10-18-24)29(39-25-19-11-4-12-20-25)30(31,35)21-36-22-13-5-1-6-14-22/h1-20,26-27,29,35H,21H2/t26-,27-,29+,30+/m1/s1. The van der Waals surface area contributed by atoms with Crippen molar-refractivity contribution < 1.29 is 28.8 Å². The van der Waals surface area contributed by atoms with Crippen LogP contribution >= 0.6 is 23.2 Å². The van der Waals surface area contributed by atoms with Crippen LogP contribution in [0.1, 0.15) is 0 Å². The minimum atomic E-state index is -2.39. The van der Waals surface area contributed by atoms with Crippen LogP contribution in [0.2, 0.25) is 0 Å². The molecule has 1 aliphatic rings. The average molecular weight is 565 g/mol. The van der Waals surface area contributed by atoms with E-state index in [2.05, 4.69) is 0 Å². The van der Waals surface area contributed by atoms with Crippen molar-refractivity contribution in [3.05, 3.63) is 121 Å². The molecule has 0 aromatic heterocycles. The SMILES string of the molecule is O=C1[C@H](Oc2ccccc2)[C@@H](Oc2ccccc2)[C@H](Oc2ccccc2)[C@@](O)(COc2ccccc2)C1(Cl)Cl. The summed E-state index contributed by atoms with van der Waals surface area (Å²) >= 11 is 13.5. The topological polar surface area (TPSA) is 74.2 Å². The zero-order valence-electron chi connectivity index (χ0n) is 20.7. The van der Waals surface area contributed by atoms with E-state index in [1.54, 1.807) is 97.1 Å². The summed E-state index contributed by atoms with van der Waals surface area (Å²) in [5, 5.41) is 12.2. The van der Waals surface area contributed by atoms with Gasteiger partial charge in [0.25, 0.3) is 0 Å². The fourth-order valence-electron chi connectivity index (χ4n) is 4.39. The predicted molar refractivity (Wildman–Crippen MR) is 149 cm³/mol. The highest BCUT2D eigenvalue weighted by molar-refractivity contribution is 6.60. The maximum Gasteiger partial charge on any atom is 0.216 e. The third-order valence-electron chi connectivity index (χ3n) is 6.41. The average Bonchev–Trinajstić information content (AvgIpc) is 2.97. The van der Waals surface area contributed by atoms with Gasteiger partial charge in [-0.05, 0) is 48.5 Å². The second kappa shape index (κ2) is 11.6. The van der Waals surface area contributed by atoms with Gasteiger partial charge >= 0.3 is 0 Å². The van der Waals surface area contributed by atoms with Crippen LogP contribution in [0, 0.1) is 0 Å². The number of halogens is 2. The van der Waals surface area contributed by atoms with E-state index in [-0.39, 0.29) is 0 Å². The Morgan fingerprint density at radius 1 is 0.615 bits per heavy atom. The Kier molecular flexibility index (Phi) is 7.98. The molecule has 1 N–H and O–H groups in total. The first-order valence-corrected chi connectivity index (χ1v) is 13.1. The van der Waals surface area contributed by atoms with Crippen LogP contribution < -0.4 is 18.9 Å². The van der Waals surface area contributed by atoms with E-state index in [0.717, 1.165) is 0 Å². The van der Waals surface area contributed by atoms with Crippen molar-refractivity contribution in [3.63, 3.8) is 0 Å². The molecule has 6 nitrogen and oxygen atoms in total. The van der Waals surface area contributed by atoms with Gasteiger partial charge < -0.3 is 24.1 Å². The number of ketones is 1. The lowest BCUT2D eigenvalue weighted by molar-refractivity contribution is -0.185. The number of carbonyl (C=O) groups excluding carboxylic acids is 1. The van der Waals surface area contributed by atoms with Gasteiger partial charge in [-0.25, -0.2) is 0 Å². The Labute approximate surface area is 236 Å². The molecule has 4 atom stereocenters. The van der Waals surface area contributed by atoms with Crippen LogP contribution in [0.25, 0.3) is 0 Å². The molecule has 0 saturated heterocycles. The summed E-state index contributed by atoms with van der Waals surface area (Å²) in [6, 6.07) is 35.3. The molecule has 0 amide bonds. The molecule has 200 valence electrons. The molecule has 0 bridgehead atoms. The lowest BCUT2D eigenvalue weighted by Gasteiger charge is -2.51. The number of para-hydroxylation sites is 4. The number of carbonyl (C=O) groups is 1. The molecule has 0 spiro atoms. The Hall–Kier alpha value is -3.71. The summed E-state index contributed by atoms with van der Waals surface area (Å²) < 4.78 is 22.3. The molecule has 5 rings (SSSR count). The van der Waals surface area contributed by atoms with Crippen molar-refractivity contribution in [2.24, 2.45) is 0 Å². The van der Waals surface area contributed by atoms with E-state index in [0.29, 0.717) is 23.0 Å². The van der Waals surface area contributed by atoms with Crippen LogP contribution in [0.5, 0.6) is 23.0 Å². The maximum atomic E-state index is 13.9. The Bertz CT molecular complexity index is 1360. The summed E-state index contributed by atoms with van der Waals surface area (Å²) in [6.07, 6.45) is -3.84. The largest absolute Gasteiger partial charge is 0.490 e. The third-order valence-corrected chi connectivity index (χ3v) is 7.44. The smallest absolute Gasteiger partial charge is 0.216 e. The van der Waals surface area contributed by atoms with Gasteiger partial charge in [0.05, 0.1) is 0 Å². The summed E-state index contributed by atoms with van der Waals surface area (Å²) in [4.78, 5) is 13.9. The third kappa shape index (κ3) is 5.69. The lowest BCUT2D eigenvalue weighted by Crippen LogP contribution is -2.77. The van der Waals surface area contributed by atoms with Crippen LogP contribution in [0.3, 0.4) is 0 Å². The molecule has 0 aliphatic heterocycles. The molecule has 8 heteroatoms. The monoisotopic (exact) mass is 564 g/mol. The second-order valence-electron chi connectivity index (χ2n) is 9.06. The van der Waals surface area contributed by atoms with Crippen LogP contribution in [0.4, 0.5) is 0 Å². The molecule has 39 heavy (non-hydrogen) atoms. The van der Waals surface area contributed by atoms with E-state index < -0.39 is 40.6 Å². The van der Waals surface area contributed by atoms with Crippen LogP contribution in [-0.4, -0.2) is 45.7 Å². The molecule has 4 aromatic rings. The molecule has 0 radical (unpaired) electrons. The van der Waals surface area contributed by atoms with E-state index in [1.807, 2.05) is 24.3 Å². The highest BCUT2D eigenvalue weighted by Gasteiger charge is 2.70. The zero-order chi connectivity index (χ0) is 27.3. The van der Waals surface area contributed by atoms with Gasteiger partial charge in [0, 0.05) is 0 Å². The van der Waals surface area contributed by atoms with Gasteiger partial charge in [-0.1, -0.05) is 96.0 Å². The highest BCUT2D eigenvalue weighted by atomic mass is 35.5. The van der Waals surface area contributed by atoms with Crippen molar-refractivity contribution in [1.29, 1.82) is 0 Å². The fraction of sp³-hybridized carbons (Fsp3) is 0.194. The normalized spacial score (nSPS) is 24.0. The van der Waals surface area contributed by atoms with Crippen LogP contribution in [-0.2, 0) is 4.79 Å². The van der Waals surface area contributed by atoms with Crippen molar-refractivity contribution in [2.45, 2.75) is 28.2 Å². The van der Waals surface area contributed by atoms with Gasteiger partial charge in [0.15, 0.2) is 17.8 Å². The number of alkyl halides is 2. The van der Waals surface area contributed by atoms with Gasteiger partial charge in [-0.3, -0.25) is 4.79 Å². The molecule has 1 saturated carbocycles. The Balaban J connectivity index is 1.60. The van der Waals surface area contributed by atoms with Crippen molar-refractivity contribution in [2.75, 3.05) is 6.61 Å². The number of Topliss-reactive ketones (excluding diaryl/α,β-unsaturated/α-hetero) is 1. The number of hydrogen-bond donors (Lipinski definition) is 1. The molecular formula is C31H26Cl2O6. The zero-order valence-corrected chi connectivity index (χ0v) is 22.2. The van der Waals surface area contributed by atoms with Gasteiger partial charge in [-0.2, -0.15) is 0 Å². The summed E-state index contributed by atoms with van der Waals surface area (Å²) in [5.41, 5.74) is -2.27. The molecule has 1 fully saturated rings. The van der Waals surface area contributed by atoms with E-state index >= 15 is 0 Å². The molecule has 4 aromatic carbocycles. The molecule has 1 aliphatic carbocycles. The Morgan fingerprint density at radius 3 is 1.51 bits per heavy atom. The van der Waals surface area contributed by atoms with E-state index in [9.17, 15) is 9.90 Å².